The van der Waals surface area contributed by atoms with Gasteiger partial charge in [-0.15, -0.1) is 0 Å². The van der Waals surface area contributed by atoms with E-state index in [1.54, 1.807) is 4.68 Å². The smallest absolute Gasteiger partial charge is 0.229 e. The zero-order valence-corrected chi connectivity index (χ0v) is 17.2. The molecule has 0 aliphatic carbocycles. The minimum Gasteiger partial charge on any atom is -0.486 e. The van der Waals surface area contributed by atoms with Crippen LogP contribution in [0.5, 0.6) is 11.5 Å². The highest BCUT2D eigenvalue weighted by atomic mass is 79.9. The highest BCUT2D eigenvalue weighted by Crippen LogP contribution is 2.33. The first kappa shape index (κ1) is 18.6. The maximum Gasteiger partial charge on any atom is 0.229 e. The number of fused-ring (bicyclic) bond motifs is 1. The minimum absolute atomic E-state index is 0.113. The van der Waals surface area contributed by atoms with Crippen LogP contribution < -0.4 is 14.8 Å². The molecule has 0 radical (unpaired) electrons. The Bertz CT molecular complexity index is 1030. The average Bonchev–Trinajstić information content (AvgIpc) is 2.95. The number of aromatic nitrogens is 2. The lowest BCUT2D eigenvalue weighted by atomic mass is 10.1. The zero-order chi connectivity index (χ0) is 19.7. The van der Waals surface area contributed by atoms with E-state index in [4.69, 9.17) is 9.47 Å². The molecule has 0 saturated heterocycles. The lowest BCUT2D eigenvalue weighted by Crippen LogP contribution is -2.18. The second-order valence-electron chi connectivity index (χ2n) is 6.64. The van der Waals surface area contributed by atoms with E-state index in [-0.39, 0.29) is 12.3 Å². The van der Waals surface area contributed by atoms with E-state index in [2.05, 4.69) is 26.3 Å². The number of hydrogen-bond acceptors (Lipinski definition) is 4. The predicted molar refractivity (Wildman–Crippen MR) is 111 cm³/mol. The minimum atomic E-state index is -0.113. The molecule has 1 amide bonds. The van der Waals surface area contributed by atoms with Crippen LogP contribution in [0.15, 0.2) is 46.9 Å². The highest BCUT2D eigenvalue weighted by Gasteiger charge is 2.18. The molecule has 1 N–H and O–H groups in total. The summed E-state index contributed by atoms with van der Waals surface area (Å²) in [7, 11) is 1.83. The largest absolute Gasteiger partial charge is 0.486 e. The van der Waals surface area contributed by atoms with Crippen molar-refractivity contribution in [3.05, 3.63) is 58.2 Å². The van der Waals surface area contributed by atoms with Crippen molar-refractivity contribution in [3.8, 4) is 22.6 Å². The first-order valence-corrected chi connectivity index (χ1v) is 9.78. The third-order valence-corrected chi connectivity index (χ3v) is 5.11. The fourth-order valence-corrected chi connectivity index (χ4v) is 3.59. The van der Waals surface area contributed by atoms with Crippen LogP contribution in [-0.2, 0) is 18.3 Å². The van der Waals surface area contributed by atoms with Gasteiger partial charge in [-0.05, 0) is 42.3 Å². The highest BCUT2D eigenvalue weighted by molar-refractivity contribution is 9.10. The SMILES string of the molecule is Cc1nn(C)c(NC(=O)Cc2ccc3c(c2)OCCO3)c1-c1ccc(Br)cc1. The van der Waals surface area contributed by atoms with Crippen LogP contribution in [0.2, 0.25) is 0 Å². The molecule has 1 aromatic heterocycles. The maximum absolute atomic E-state index is 12.7. The van der Waals surface area contributed by atoms with E-state index in [0.29, 0.717) is 24.8 Å². The number of anilines is 1. The Balaban J connectivity index is 1.56. The van der Waals surface area contributed by atoms with Gasteiger partial charge < -0.3 is 14.8 Å². The van der Waals surface area contributed by atoms with Crippen molar-refractivity contribution < 1.29 is 14.3 Å². The third kappa shape index (κ3) is 3.75. The fourth-order valence-electron chi connectivity index (χ4n) is 3.32. The quantitative estimate of drug-likeness (QED) is 0.661. The van der Waals surface area contributed by atoms with E-state index < -0.39 is 0 Å². The summed E-state index contributed by atoms with van der Waals surface area (Å²) in [5.74, 6) is 1.97. The summed E-state index contributed by atoms with van der Waals surface area (Å²) in [4.78, 5) is 12.7. The van der Waals surface area contributed by atoms with Crippen molar-refractivity contribution in [2.24, 2.45) is 7.05 Å². The van der Waals surface area contributed by atoms with E-state index >= 15 is 0 Å². The van der Waals surface area contributed by atoms with E-state index in [9.17, 15) is 4.79 Å². The summed E-state index contributed by atoms with van der Waals surface area (Å²) < 4.78 is 13.8. The Morgan fingerprint density at radius 3 is 2.61 bits per heavy atom. The lowest BCUT2D eigenvalue weighted by molar-refractivity contribution is -0.115. The summed E-state index contributed by atoms with van der Waals surface area (Å²) in [6.07, 6.45) is 0.237. The van der Waals surface area contributed by atoms with Gasteiger partial charge >= 0.3 is 0 Å². The molecule has 6 nitrogen and oxygen atoms in total. The monoisotopic (exact) mass is 441 g/mol. The van der Waals surface area contributed by atoms with Crippen molar-refractivity contribution in [1.82, 2.24) is 9.78 Å². The van der Waals surface area contributed by atoms with Gasteiger partial charge in [0.25, 0.3) is 0 Å². The second-order valence-corrected chi connectivity index (χ2v) is 7.56. The van der Waals surface area contributed by atoms with E-state index in [1.807, 2.05) is 56.4 Å². The number of amides is 1. The van der Waals surface area contributed by atoms with Gasteiger partial charge in [0, 0.05) is 17.1 Å². The van der Waals surface area contributed by atoms with Gasteiger partial charge in [0.2, 0.25) is 5.91 Å². The molecule has 144 valence electrons. The molecule has 1 aliphatic rings. The summed E-state index contributed by atoms with van der Waals surface area (Å²) in [6.45, 7) is 3.01. The van der Waals surface area contributed by atoms with Crippen LogP contribution in [-0.4, -0.2) is 28.9 Å². The van der Waals surface area contributed by atoms with E-state index in [0.717, 1.165) is 32.6 Å². The molecule has 0 atom stereocenters. The predicted octanol–water partition coefficient (Wildman–Crippen LogP) is 4.11. The maximum atomic E-state index is 12.7. The van der Waals surface area contributed by atoms with Crippen molar-refractivity contribution in [2.75, 3.05) is 18.5 Å². The Morgan fingerprint density at radius 1 is 1.14 bits per heavy atom. The van der Waals surface area contributed by atoms with Gasteiger partial charge in [0.15, 0.2) is 11.5 Å². The molecule has 0 fully saturated rings. The number of benzene rings is 2. The number of carbonyl (C=O) groups is 1. The second kappa shape index (κ2) is 7.67. The molecule has 0 spiro atoms. The van der Waals surface area contributed by atoms with Crippen LogP contribution in [0.25, 0.3) is 11.1 Å². The summed E-state index contributed by atoms with van der Waals surface area (Å²) in [6, 6.07) is 13.5. The normalized spacial score (nSPS) is 12.7. The van der Waals surface area contributed by atoms with Gasteiger partial charge in [-0.1, -0.05) is 34.1 Å². The van der Waals surface area contributed by atoms with Crippen molar-refractivity contribution >= 4 is 27.7 Å². The molecule has 4 rings (SSSR count). The number of rotatable bonds is 4. The molecule has 1 aliphatic heterocycles. The third-order valence-electron chi connectivity index (χ3n) is 4.58. The van der Waals surface area contributed by atoms with Crippen LogP contribution in [0.4, 0.5) is 5.82 Å². The molecule has 7 heteroatoms. The van der Waals surface area contributed by atoms with Crippen LogP contribution >= 0.6 is 15.9 Å². The van der Waals surface area contributed by atoms with Gasteiger partial charge in [-0.3, -0.25) is 9.48 Å². The number of ether oxygens (including phenoxy) is 2. The lowest BCUT2D eigenvalue weighted by Gasteiger charge is -2.18. The van der Waals surface area contributed by atoms with Gasteiger partial charge in [-0.25, -0.2) is 0 Å². The van der Waals surface area contributed by atoms with Crippen molar-refractivity contribution in [3.63, 3.8) is 0 Å². The average molecular weight is 442 g/mol. The molecule has 2 aromatic carbocycles. The zero-order valence-electron chi connectivity index (χ0n) is 15.7. The number of nitrogens with zero attached hydrogens (tertiary/aromatic N) is 2. The summed E-state index contributed by atoms with van der Waals surface area (Å²) in [5, 5.41) is 7.50. The van der Waals surface area contributed by atoms with Crippen molar-refractivity contribution in [1.29, 1.82) is 0 Å². The first-order chi connectivity index (χ1) is 13.5. The molecular weight excluding hydrogens is 422 g/mol. The summed E-state index contributed by atoms with van der Waals surface area (Å²) >= 11 is 3.45. The fraction of sp³-hybridized carbons (Fsp3) is 0.238. The first-order valence-electron chi connectivity index (χ1n) is 8.99. The Hall–Kier alpha value is -2.80. The van der Waals surface area contributed by atoms with E-state index in [1.165, 1.54) is 0 Å². The molecular formula is C21H20BrN3O3. The summed E-state index contributed by atoms with van der Waals surface area (Å²) in [5.41, 5.74) is 3.65. The van der Waals surface area contributed by atoms with Crippen LogP contribution in [0, 0.1) is 6.92 Å². The number of hydrogen-bond donors (Lipinski definition) is 1. The van der Waals surface area contributed by atoms with Gasteiger partial charge in [0.1, 0.15) is 19.0 Å². The number of aryl methyl sites for hydroxylation is 2. The number of carbonyl (C=O) groups excluding carboxylic acids is 1. The number of nitrogens with one attached hydrogen (secondary N) is 1. The Labute approximate surface area is 171 Å². The van der Waals surface area contributed by atoms with Gasteiger partial charge in [-0.2, -0.15) is 5.10 Å². The topological polar surface area (TPSA) is 65.4 Å². The molecule has 2 heterocycles. The standard InChI is InChI=1S/C21H20BrN3O3/c1-13-20(15-4-6-16(22)7-5-15)21(25(2)24-13)23-19(26)12-14-3-8-17-18(11-14)28-10-9-27-17/h3-8,11H,9-10,12H2,1-2H3,(H,23,26). The van der Waals surface area contributed by atoms with Crippen LogP contribution in [0.3, 0.4) is 0 Å². The molecule has 0 bridgehead atoms. The Kier molecular flexibility index (Phi) is 5.09. The Morgan fingerprint density at radius 2 is 1.86 bits per heavy atom. The molecule has 3 aromatic rings. The van der Waals surface area contributed by atoms with Gasteiger partial charge in [0.05, 0.1) is 12.1 Å². The molecule has 28 heavy (non-hydrogen) atoms. The number of halogens is 1. The molecule has 0 unspecified atom stereocenters. The van der Waals surface area contributed by atoms with Crippen LogP contribution in [0.1, 0.15) is 11.3 Å². The van der Waals surface area contributed by atoms with Crippen molar-refractivity contribution in [2.45, 2.75) is 13.3 Å². The molecule has 0 saturated carbocycles.